The predicted octanol–water partition coefficient (Wildman–Crippen LogP) is 0.978. The molecule has 1 amide bonds. The topological polar surface area (TPSA) is 110 Å². The number of ether oxygens (including phenoxy) is 1. The Morgan fingerprint density at radius 1 is 1.43 bits per heavy atom. The second-order valence-electron chi connectivity index (χ2n) is 4.71. The Morgan fingerprint density at radius 3 is 2.62 bits per heavy atom. The summed E-state index contributed by atoms with van der Waals surface area (Å²) in [5.74, 6) is -1.27. The minimum atomic E-state index is -1.17. The van der Waals surface area contributed by atoms with Gasteiger partial charge in [-0.2, -0.15) is 0 Å². The van der Waals surface area contributed by atoms with Gasteiger partial charge in [0, 0.05) is 12.1 Å². The van der Waals surface area contributed by atoms with Gasteiger partial charge in [0.2, 0.25) is 5.91 Å². The molecule has 1 aromatic rings. The van der Waals surface area contributed by atoms with Gasteiger partial charge in [-0.25, -0.2) is 4.79 Å². The van der Waals surface area contributed by atoms with Crippen LogP contribution in [0, 0.1) is 10.1 Å². The van der Waals surface area contributed by atoms with E-state index in [1.54, 1.807) is 0 Å². The quantitative estimate of drug-likeness (QED) is 0.504. The molecule has 2 atom stereocenters. The van der Waals surface area contributed by atoms with Crippen molar-refractivity contribution in [2.24, 2.45) is 0 Å². The van der Waals surface area contributed by atoms with Crippen molar-refractivity contribution in [3.05, 3.63) is 45.7 Å². The number of aliphatic carboxylic acids is 1. The number of hydrogen-bond acceptors (Lipinski definition) is 5. The zero-order valence-electron chi connectivity index (χ0n) is 10.6. The van der Waals surface area contributed by atoms with Gasteiger partial charge in [0.05, 0.1) is 11.3 Å². The number of carboxylic acid groups (broad SMARTS) is 1. The molecule has 8 nitrogen and oxygen atoms in total. The average molecular weight is 290 g/mol. The first-order valence-electron chi connectivity index (χ1n) is 6.14. The Bertz CT molecular complexity index is 666. The molecule has 2 aliphatic heterocycles. The second-order valence-corrected chi connectivity index (χ2v) is 4.71. The summed E-state index contributed by atoms with van der Waals surface area (Å²) in [4.78, 5) is 33.9. The SMILES string of the molecule is O=C(O)C1C(=Cc2ccc([N+](=O)[O-])cc2)OC2CC(=O)N21. The van der Waals surface area contributed by atoms with Gasteiger partial charge in [0.25, 0.3) is 5.69 Å². The lowest BCUT2D eigenvalue weighted by atomic mass is 10.1. The van der Waals surface area contributed by atoms with Crippen molar-refractivity contribution in [2.75, 3.05) is 0 Å². The van der Waals surface area contributed by atoms with Crippen LogP contribution in [0.2, 0.25) is 0 Å². The summed E-state index contributed by atoms with van der Waals surface area (Å²) >= 11 is 0. The molecule has 8 heteroatoms. The molecule has 0 saturated carbocycles. The first kappa shape index (κ1) is 13.1. The van der Waals surface area contributed by atoms with E-state index in [-0.39, 0.29) is 23.8 Å². The molecule has 0 radical (unpaired) electrons. The molecule has 2 aliphatic rings. The highest BCUT2D eigenvalue weighted by atomic mass is 16.6. The number of carbonyl (C=O) groups is 2. The van der Waals surface area contributed by atoms with Crippen molar-refractivity contribution in [2.45, 2.75) is 18.7 Å². The predicted molar refractivity (Wildman–Crippen MR) is 68.8 cm³/mol. The summed E-state index contributed by atoms with van der Waals surface area (Å²) in [5, 5.41) is 19.8. The van der Waals surface area contributed by atoms with Gasteiger partial charge >= 0.3 is 5.97 Å². The van der Waals surface area contributed by atoms with Crippen LogP contribution in [0.5, 0.6) is 0 Å². The van der Waals surface area contributed by atoms with Crippen LogP contribution in [0.15, 0.2) is 30.0 Å². The highest BCUT2D eigenvalue weighted by Crippen LogP contribution is 2.37. The normalized spacial score (nSPS) is 25.2. The Hall–Kier alpha value is -2.90. The number of carbonyl (C=O) groups excluding carboxylic acids is 1. The Kier molecular flexibility index (Phi) is 2.86. The first-order chi connectivity index (χ1) is 9.97. The molecule has 2 unspecified atom stereocenters. The number of nitro groups is 1. The lowest BCUT2D eigenvalue weighted by Crippen LogP contribution is -2.54. The number of rotatable bonds is 3. The monoisotopic (exact) mass is 290 g/mol. The summed E-state index contributed by atoms with van der Waals surface area (Å²) < 4.78 is 5.44. The van der Waals surface area contributed by atoms with E-state index in [2.05, 4.69) is 0 Å². The summed E-state index contributed by atoms with van der Waals surface area (Å²) in [5.41, 5.74) is 0.509. The third-order valence-corrected chi connectivity index (χ3v) is 3.41. The molecular weight excluding hydrogens is 280 g/mol. The highest BCUT2D eigenvalue weighted by Gasteiger charge is 2.53. The Morgan fingerprint density at radius 2 is 2.10 bits per heavy atom. The number of nitrogens with zero attached hydrogens (tertiary/aromatic N) is 2. The molecule has 0 aliphatic carbocycles. The molecule has 1 N–H and O–H groups in total. The highest BCUT2D eigenvalue weighted by molar-refractivity contribution is 5.92. The van der Waals surface area contributed by atoms with Crippen molar-refractivity contribution in [1.82, 2.24) is 4.90 Å². The molecule has 0 aromatic heterocycles. The van der Waals surface area contributed by atoms with Gasteiger partial charge in [0.15, 0.2) is 12.3 Å². The van der Waals surface area contributed by atoms with Crippen LogP contribution in [0.25, 0.3) is 6.08 Å². The van der Waals surface area contributed by atoms with E-state index in [0.717, 1.165) is 0 Å². The van der Waals surface area contributed by atoms with Crippen molar-refractivity contribution >= 4 is 23.6 Å². The number of fused-ring (bicyclic) bond motifs is 1. The largest absolute Gasteiger partial charge is 0.479 e. The van der Waals surface area contributed by atoms with E-state index in [4.69, 9.17) is 4.74 Å². The number of benzene rings is 1. The van der Waals surface area contributed by atoms with Crippen LogP contribution in [-0.2, 0) is 14.3 Å². The lowest BCUT2D eigenvalue weighted by Gasteiger charge is -2.33. The summed E-state index contributed by atoms with van der Waals surface area (Å²) in [6.07, 6.45) is 1.12. The number of amides is 1. The van der Waals surface area contributed by atoms with Gasteiger partial charge < -0.3 is 9.84 Å². The molecule has 2 fully saturated rings. The fourth-order valence-corrected chi connectivity index (χ4v) is 2.38. The van der Waals surface area contributed by atoms with Gasteiger partial charge in [-0.3, -0.25) is 19.8 Å². The minimum absolute atomic E-state index is 0.0572. The molecular formula is C13H10N2O6. The third-order valence-electron chi connectivity index (χ3n) is 3.41. The van der Waals surface area contributed by atoms with Crippen LogP contribution < -0.4 is 0 Å². The fourth-order valence-electron chi connectivity index (χ4n) is 2.38. The molecule has 21 heavy (non-hydrogen) atoms. The average Bonchev–Trinajstić information content (AvgIpc) is 2.72. The second kappa shape index (κ2) is 4.58. The molecule has 2 heterocycles. The zero-order chi connectivity index (χ0) is 15.1. The van der Waals surface area contributed by atoms with Crippen molar-refractivity contribution < 1.29 is 24.4 Å². The first-order valence-corrected chi connectivity index (χ1v) is 6.14. The smallest absolute Gasteiger partial charge is 0.334 e. The maximum absolute atomic E-state index is 11.4. The van der Waals surface area contributed by atoms with Crippen LogP contribution in [0.3, 0.4) is 0 Å². The van der Waals surface area contributed by atoms with E-state index in [1.807, 2.05) is 0 Å². The standard InChI is InChI=1S/C13H10N2O6/c16-10-6-11-14(10)12(13(17)18)9(21-11)5-7-1-3-8(4-2-7)15(19)20/h1-5,11-12H,6H2,(H,17,18). The Labute approximate surface area is 118 Å². The zero-order valence-corrected chi connectivity index (χ0v) is 10.6. The molecule has 0 spiro atoms. The fraction of sp³-hybridized carbons (Fsp3) is 0.231. The van der Waals surface area contributed by atoms with Gasteiger partial charge in [-0.1, -0.05) is 0 Å². The molecule has 108 valence electrons. The number of nitro benzene ring substituents is 1. The van der Waals surface area contributed by atoms with Crippen LogP contribution >= 0.6 is 0 Å². The maximum atomic E-state index is 11.4. The van der Waals surface area contributed by atoms with Gasteiger partial charge in [-0.15, -0.1) is 0 Å². The van der Waals surface area contributed by atoms with E-state index in [1.165, 1.54) is 35.2 Å². The van der Waals surface area contributed by atoms with E-state index >= 15 is 0 Å². The van der Waals surface area contributed by atoms with Crippen molar-refractivity contribution in [1.29, 1.82) is 0 Å². The number of non-ortho nitro benzene ring substituents is 1. The van der Waals surface area contributed by atoms with Crippen molar-refractivity contribution in [3.8, 4) is 0 Å². The Balaban J connectivity index is 1.89. The molecule has 2 saturated heterocycles. The van der Waals surface area contributed by atoms with Crippen LogP contribution in [0.4, 0.5) is 5.69 Å². The molecule has 0 bridgehead atoms. The van der Waals surface area contributed by atoms with Crippen LogP contribution in [-0.4, -0.2) is 39.1 Å². The van der Waals surface area contributed by atoms with Crippen LogP contribution in [0.1, 0.15) is 12.0 Å². The number of hydrogen-bond donors (Lipinski definition) is 1. The summed E-state index contributed by atoms with van der Waals surface area (Å²) in [6, 6.07) is 4.48. The molecule has 1 aromatic carbocycles. The summed E-state index contributed by atoms with van der Waals surface area (Å²) in [7, 11) is 0. The molecule has 3 rings (SSSR count). The number of β-lactam (4-membered cyclic amide) rings is 1. The maximum Gasteiger partial charge on any atom is 0.334 e. The number of carboxylic acids is 1. The van der Waals surface area contributed by atoms with E-state index in [0.29, 0.717) is 5.56 Å². The summed E-state index contributed by atoms with van der Waals surface area (Å²) in [6.45, 7) is 0. The van der Waals surface area contributed by atoms with E-state index < -0.39 is 23.2 Å². The van der Waals surface area contributed by atoms with E-state index in [9.17, 15) is 24.8 Å². The van der Waals surface area contributed by atoms with Crippen molar-refractivity contribution in [3.63, 3.8) is 0 Å². The third kappa shape index (κ3) is 2.10. The minimum Gasteiger partial charge on any atom is -0.479 e. The lowest BCUT2D eigenvalue weighted by molar-refractivity contribution is -0.384. The van der Waals surface area contributed by atoms with Gasteiger partial charge in [-0.05, 0) is 23.8 Å². The van der Waals surface area contributed by atoms with Gasteiger partial charge in [0.1, 0.15) is 5.76 Å².